The Morgan fingerprint density at radius 1 is 1.32 bits per heavy atom. The predicted molar refractivity (Wildman–Crippen MR) is 67.4 cm³/mol. The van der Waals surface area contributed by atoms with Crippen LogP contribution in [0.5, 0.6) is 0 Å². The first-order valence-electron chi connectivity index (χ1n) is 6.78. The standard InChI is InChI=1S/C12H21N3O4/c16-11(17)8-19-14-12(18)10-2-1-7-15(10)9-3-5-13-6-4-9/h9-10,13H,1-8H2,(H,14,18)(H,16,17). The molecular weight excluding hydrogens is 250 g/mol. The average molecular weight is 271 g/mol. The van der Waals surface area contributed by atoms with Crippen molar-refractivity contribution in [1.82, 2.24) is 15.7 Å². The van der Waals surface area contributed by atoms with E-state index in [4.69, 9.17) is 5.11 Å². The number of carbonyl (C=O) groups excluding carboxylic acids is 1. The summed E-state index contributed by atoms with van der Waals surface area (Å²) >= 11 is 0. The smallest absolute Gasteiger partial charge is 0.332 e. The number of carboxylic acids is 1. The number of piperidine rings is 1. The number of carbonyl (C=O) groups is 2. The van der Waals surface area contributed by atoms with Crippen molar-refractivity contribution in [2.24, 2.45) is 0 Å². The van der Waals surface area contributed by atoms with E-state index in [-0.39, 0.29) is 11.9 Å². The van der Waals surface area contributed by atoms with Gasteiger partial charge in [0.25, 0.3) is 5.91 Å². The molecule has 0 aromatic heterocycles. The number of amides is 1. The van der Waals surface area contributed by atoms with E-state index in [2.05, 4.69) is 20.5 Å². The second kappa shape index (κ2) is 6.83. The Hall–Kier alpha value is -1.18. The van der Waals surface area contributed by atoms with Crippen molar-refractivity contribution in [3.8, 4) is 0 Å². The van der Waals surface area contributed by atoms with Gasteiger partial charge in [0.05, 0.1) is 6.04 Å². The van der Waals surface area contributed by atoms with Crippen LogP contribution >= 0.6 is 0 Å². The van der Waals surface area contributed by atoms with Crippen LogP contribution in [0.3, 0.4) is 0 Å². The third-order valence-electron chi connectivity index (χ3n) is 3.74. The number of carboxylic acid groups (broad SMARTS) is 1. The highest BCUT2D eigenvalue weighted by atomic mass is 16.7. The first-order valence-corrected chi connectivity index (χ1v) is 6.78. The highest BCUT2D eigenvalue weighted by Crippen LogP contribution is 2.24. The van der Waals surface area contributed by atoms with Gasteiger partial charge in [0.2, 0.25) is 0 Å². The second-order valence-corrected chi connectivity index (χ2v) is 5.03. The normalized spacial score (nSPS) is 25.4. The fourth-order valence-corrected chi connectivity index (χ4v) is 2.88. The van der Waals surface area contributed by atoms with Crippen LogP contribution in [0.25, 0.3) is 0 Å². The molecule has 0 spiro atoms. The summed E-state index contributed by atoms with van der Waals surface area (Å²) in [5.74, 6) is -1.32. The molecular formula is C12H21N3O4. The number of hydroxylamine groups is 1. The minimum absolute atomic E-state index is 0.183. The Morgan fingerprint density at radius 2 is 2.05 bits per heavy atom. The van der Waals surface area contributed by atoms with Crippen LogP contribution < -0.4 is 10.8 Å². The Labute approximate surface area is 112 Å². The number of hydrogen-bond acceptors (Lipinski definition) is 5. The maximum absolute atomic E-state index is 12.0. The minimum atomic E-state index is -1.10. The number of likely N-dealkylation sites (tertiary alicyclic amines) is 1. The third kappa shape index (κ3) is 3.89. The molecule has 1 amide bonds. The van der Waals surface area contributed by atoms with E-state index in [0.717, 1.165) is 45.3 Å². The van der Waals surface area contributed by atoms with E-state index in [9.17, 15) is 9.59 Å². The van der Waals surface area contributed by atoms with Gasteiger partial charge in [-0.3, -0.25) is 14.5 Å². The maximum atomic E-state index is 12.0. The summed E-state index contributed by atoms with van der Waals surface area (Å²) in [4.78, 5) is 29.2. The average Bonchev–Trinajstić information content (AvgIpc) is 2.88. The Kier molecular flexibility index (Phi) is 5.12. The summed E-state index contributed by atoms with van der Waals surface area (Å²) in [5, 5.41) is 11.8. The highest BCUT2D eigenvalue weighted by molar-refractivity contribution is 5.81. The summed E-state index contributed by atoms with van der Waals surface area (Å²) in [6, 6.07) is 0.260. The predicted octanol–water partition coefficient (Wildman–Crippen LogP) is -0.665. The highest BCUT2D eigenvalue weighted by Gasteiger charge is 2.35. The zero-order chi connectivity index (χ0) is 13.7. The molecule has 108 valence electrons. The van der Waals surface area contributed by atoms with Gasteiger partial charge in [-0.25, -0.2) is 10.3 Å². The summed E-state index contributed by atoms with van der Waals surface area (Å²) < 4.78 is 0. The molecule has 2 aliphatic rings. The van der Waals surface area contributed by atoms with Crippen LogP contribution in [0, 0.1) is 0 Å². The first kappa shape index (κ1) is 14.2. The molecule has 2 aliphatic heterocycles. The Morgan fingerprint density at radius 3 is 2.74 bits per heavy atom. The fourth-order valence-electron chi connectivity index (χ4n) is 2.88. The second-order valence-electron chi connectivity index (χ2n) is 5.03. The molecule has 1 unspecified atom stereocenters. The number of nitrogens with one attached hydrogen (secondary N) is 2. The van der Waals surface area contributed by atoms with Gasteiger partial charge < -0.3 is 10.4 Å². The van der Waals surface area contributed by atoms with Crippen LogP contribution in [-0.4, -0.2) is 60.2 Å². The summed E-state index contributed by atoms with van der Waals surface area (Å²) in [6.07, 6.45) is 3.92. The van der Waals surface area contributed by atoms with Gasteiger partial charge in [0, 0.05) is 6.04 Å². The molecule has 0 radical (unpaired) electrons. The van der Waals surface area contributed by atoms with Crippen LogP contribution in [0.15, 0.2) is 0 Å². The van der Waals surface area contributed by atoms with Gasteiger partial charge in [-0.2, -0.15) is 0 Å². The van der Waals surface area contributed by atoms with Gasteiger partial charge in [0.15, 0.2) is 6.61 Å². The van der Waals surface area contributed by atoms with Crippen molar-refractivity contribution < 1.29 is 19.5 Å². The minimum Gasteiger partial charge on any atom is -0.479 e. The molecule has 0 aromatic rings. The van der Waals surface area contributed by atoms with Crippen LogP contribution in [0.1, 0.15) is 25.7 Å². The molecule has 0 aromatic carbocycles. The Balaban J connectivity index is 1.83. The first-order chi connectivity index (χ1) is 9.18. The van der Waals surface area contributed by atoms with Crippen LogP contribution in [0.4, 0.5) is 0 Å². The topological polar surface area (TPSA) is 90.9 Å². The fraction of sp³-hybridized carbons (Fsp3) is 0.833. The van der Waals surface area contributed by atoms with Crippen molar-refractivity contribution in [2.45, 2.75) is 37.8 Å². The third-order valence-corrected chi connectivity index (χ3v) is 3.74. The lowest BCUT2D eigenvalue weighted by Gasteiger charge is -2.34. The van der Waals surface area contributed by atoms with E-state index in [1.807, 2.05) is 0 Å². The van der Waals surface area contributed by atoms with Crippen LogP contribution in [0.2, 0.25) is 0 Å². The summed E-state index contributed by atoms with van der Waals surface area (Å²) in [6.45, 7) is 2.41. The lowest BCUT2D eigenvalue weighted by molar-refractivity contribution is -0.151. The molecule has 0 bridgehead atoms. The van der Waals surface area contributed by atoms with E-state index < -0.39 is 12.6 Å². The molecule has 3 N–H and O–H groups in total. The number of hydrogen-bond donors (Lipinski definition) is 3. The van der Waals surface area contributed by atoms with Crippen molar-refractivity contribution in [3.63, 3.8) is 0 Å². The monoisotopic (exact) mass is 271 g/mol. The summed E-state index contributed by atoms with van der Waals surface area (Å²) in [5.41, 5.74) is 2.25. The van der Waals surface area contributed by atoms with E-state index in [1.54, 1.807) is 0 Å². The van der Waals surface area contributed by atoms with Crippen molar-refractivity contribution in [3.05, 3.63) is 0 Å². The van der Waals surface area contributed by atoms with Gasteiger partial charge in [0.1, 0.15) is 0 Å². The SMILES string of the molecule is O=C(O)CONC(=O)C1CCCN1C1CCNCC1. The molecule has 7 heteroatoms. The molecule has 0 saturated carbocycles. The van der Waals surface area contributed by atoms with Gasteiger partial charge in [-0.15, -0.1) is 0 Å². The number of rotatable bonds is 5. The van der Waals surface area contributed by atoms with Gasteiger partial charge >= 0.3 is 5.97 Å². The van der Waals surface area contributed by atoms with Gasteiger partial charge in [-0.05, 0) is 45.3 Å². The zero-order valence-corrected chi connectivity index (χ0v) is 10.9. The van der Waals surface area contributed by atoms with E-state index in [0.29, 0.717) is 6.04 Å². The molecule has 2 rings (SSSR count). The largest absolute Gasteiger partial charge is 0.479 e. The quantitative estimate of drug-likeness (QED) is 0.575. The zero-order valence-electron chi connectivity index (χ0n) is 10.9. The molecule has 1 atom stereocenters. The molecule has 0 aliphatic carbocycles. The Bertz CT molecular complexity index is 331. The maximum Gasteiger partial charge on any atom is 0.332 e. The van der Waals surface area contributed by atoms with E-state index >= 15 is 0 Å². The van der Waals surface area contributed by atoms with Gasteiger partial charge in [-0.1, -0.05) is 0 Å². The number of aliphatic carboxylic acids is 1. The summed E-state index contributed by atoms with van der Waals surface area (Å²) in [7, 11) is 0. The lowest BCUT2D eigenvalue weighted by Crippen LogP contribution is -2.50. The van der Waals surface area contributed by atoms with Crippen molar-refractivity contribution in [2.75, 3.05) is 26.2 Å². The number of nitrogens with zero attached hydrogens (tertiary/aromatic N) is 1. The molecule has 2 heterocycles. The van der Waals surface area contributed by atoms with Crippen molar-refractivity contribution in [1.29, 1.82) is 0 Å². The molecule has 2 fully saturated rings. The molecule has 7 nitrogen and oxygen atoms in total. The molecule has 2 saturated heterocycles. The van der Waals surface area contributed by atoms with Crippen molar-refractivity contribution >= 4 is 11.9 Å². The molecule has 19 heavy (non-hydrogen) atoms. The van der Waals surface area contributed by atoms with E-state index in [1.165, 1.54) is 0 Å². The van der Waals surface area contributed by atoms with Crippen LogP contribution in [-0.2, 0) is 14.4 Å². The lowest BCUT2D eigenvalue weighted by atomic mass is 10.0.